The first-order valence-corrected chi connectivity index (χ1v) is 4.59. The van der Waals surface area contributed by atoms with Crippen molar-refractivity contribution in [1.29, 1.82) is 0 Å². The van der Waals surface area contributed by atoms with E-state index < -0.39 is 0 Å². The third-order valence-electron chi connectivity index (χ3n) is 2.56. The summed E-state index contributed by atoms with van der Waals surface area (Å²) >= 11 is 0. The molecule has 15 heavy (non-hydrogen) atoms. The number of aryl methyl sites for hydroxylation is 1. The minimum absolute atomic E-state index is 0. The van der Waals surface area contributed by atoms with Crippen LogP contribution in [0.3, 0.4) is 0 Å². The summed E-state index contributed by atoms with van der Waals surface area (Å²) in [5.74, 6) is 0. The number of fused-ring (bicyclic) bond motifs is 3. The molecule has 2 nitrogen and oxygen atoms in total. The van der Waals surface area contributed by atoms with Gasteiger partial charge in [0.1, 0.15) is 0 Å². The molecule has 2 heterocycles. The van der Waals surface area contributed by atoms with Gasteiger partial charge in [0, 0.05) is 27.4 Å². The molecule has 0 amide bonds. The zero-order chi connectivity index (χ0) is 9.54. The van der Waals surface area contributed by atoms with E-state index in [1.54, 1.807) is 0 Å². The van der Waals surface area contributed by atoms with E-state index in [-0.39, 0.29) is 21.1 Å². The normalized spacial score (nSPS) is 10.5. The van der Waals surface area contributed by atoms with Gasteiger partial charge in [0.2, 0.25) is 0 Å². The van der Waals surface area contributed by atoms with Crippen molar-refractivity contribution in [2.24, 2.45) is 0 Å². The first-order valence-electron chi connectivity index (χ1n) is 4.59. The van der Waals surface area contributed by atoms with Gasteiger partial charge in [-0.3, -0.25) is 0 Å². The maximum atomic E-state index is 4.03. The maximum absolute atomic E-state index is 4.03. The van der Waals surface area contributed by atoms with E-state index in [0.717, 1.165) is 5.52 Å². The van der Waals surface area contributed by atoms with Crippen molar-refractivity contribution in [3.8, 4) is 0 Å². The molecule has 2 aromatic heterocycles. The number of aromatic nitrogens is 2. The molecule has 0 spiro atoms. The summed E-state index contributed by atoms with van der Waals surface area (Å²) in [5.41, 5.74) is 2.37. The molecule has 0 fully saturated rings. The second kappa shape index (κ2) is 3.78. The van der Waals surface area contributed by atoms with Crippen LogP contribution in [0.15, 0.2) is 36.7 Å². The minimum Gasteiger partial charge on any atom is -0.432 e. The van der Waals surface area contributed by atoms with Gasteiger partial charge in [-0.2, -0.15) is 0 Å². The van der Waals surface area contributed by atoms with Gasteiger partial charge in [-0.1, -0.05) is 47.7 Å². The molecule has 74 valence electrons. The molecule has 0 radical (unpaired) electrons. The molecular weight excluding hydrogens is 356 g/mol. The molecule has 0 N–H and O–H groups in total. The van der Waals surface area contributed by atoms with E-state index >= 15 is 0 Å². The van der Waals surface area contributed by atoms with Crippen molar-refractivity contribution in [3.05, 3.63) is 48.5 Å². The van der Waals surface area contributed by atoms with Gasteiger partial charge >= 0.3 is 0 Å². The predicted octanol–water partition coefficient (Wildman–Crippen LogP) is 2.59. The first-order chi connectivity index (χ1) is 6.86. The van der Waals surface area contributed by atoms with Crippen LogP contribution in [0, 0.1) is 13.3 Å². The van der Waals surface area contributed by atoms with E-state index in [4.69, 9.17) is 0 Å². The topological polar surface area (TPSA) is 17.3 Å². The maximum Gasteiger partial charge on any atom is 0.0408 e. The van der Waals surface area contributed by atoms with Crippen molar-refractivity contribution in [2.75, 3.05) is 0 Å². The summed E-state index contributed by atoms with van der Waals surface area (Å²) in [6, 6.07) is 8.37. The molecule has 3 aromatic rings. The fourth-order valence-corrected chi connectivity index (χ4v) is 1.88. The van der Waals surface area contributed by atoms with Gasteiger partial charge in [0.15, 0.2) is 0 Å². The number of hydrogen-bond acceptors (Lipinski definition) is 1. The molecule has 0 atom stereocenters. The molecule has 0 saturated heterocycles. The van der Waals surface area contributed by atoms with Crippen LogP contribution >= 0.6 is 0 Å². The van der Waals surface area contributed by atoms with Gasteiger partial charge in [-0.25, -0.2) is 0 Å². The summed E-state index contributed by atoms with van der Waals surface area (Å²) in [6.07, 6.45) is 6.83. The molecule has 1 aromatic carbocycles. The van der Waals surface area contributed by atoms with Gasteiger partial charge in [-0.15, -0.1) is 0 Å². The standard InChI is InChI=1S/C12H9N2.W/c1-9-7-14-8-13-6-12(14)11-5-3-2-4-10(9)11;/h2-7H,1H3;/q-1;. The van der Waals surface area contributed by atoms with Crippen molar-refractivity contribution in [2.45, 2.75) is 6.92 Å². The molecule has 0 aliphatic heterocycles. The fourth-order valence-electron chi connectivity index (χ4n) is 1.88. The summed E-state index contributed by atoms with van der Waals surface area (Å²) in [7, 11) is 0. The Morgan fingerprint density at radius 2 is 1.93 bits per heavy atom. The minimum atomic E-state index is 0. The second-order valence-electron chi connectivity index (χ2n) is 3.47. The summed E-state index contributed by atoms with van der Waals surface area (Å²) in [6.45, 7) is 2.11. The molecule has 0 aliphatic carbocycles. The van der Waals surface area contributed by atoms with Crippen LogP contribution in [-0.4, -0.2) is 9.38 Å². The quantitative estimate of drug-likeness (QED) is 0.560. The zero-order valence-corrected chi connectivity index (χ0v) is 11.2. The van der Waals surface area contributed by atoms with Crippen molar-refractivity contribution < 1.29 is 21.1 Å². The Balaban J connectivity index is 0.000000853. The molecule has 3 rings (SSSR count). The smallest absolute Gasteiger partial charge is 0.0408 e. The number of hydrogen-bond donors (Lipinski definition) is 0. The van der Waals surface area contributed by atoms with E-state index in [9.17, 15) is 0 Å². The Bertz CT molecular complexity index is 613. The van der Waals surface area contributed by atoms with Gasteiger partial charge in [0.05, 0.1) is 0 Å². The molecule has 0 aliphatic rings. The third kappa shape index (κ3) is 1.49. The van der Waals surface area contributed by atoms with Gasteiger partial charge in [0.25, 0.3) is 0 Å². The van der Waals surface area contributed by atoms with Crippen molar-refractivity contribution in [1.82, 2.24) is 9.38 Å². The van der Waals surface area contributed by atoms with Crippen LogP contribution in [0.2, 0.25) is 0 Å². The van der Waals surface area contributed by atoms with E-state index in [0.29, 0.717) is 0 Å². The Morgan fingerprint density at radius 3 is 2.73 bits per heavy atom. The molecule has 0 bridgehead atoms. The van der Waals surface area contributed by atoms with Crippen LogP contribution in [0.25, 0.3) is 16.3 Å². The second-order valence-corrected chi connectivity index (χ2v) is 3.47. The number of nitrogens with zero attached hydrogens (tertiary/aromatic N) is 2. The Morgan fingerprint density at radius 1 is 1.20 bits per heavy atom. The molecular formula is C12H9N2W-. The fraction of sp³-hybridized carbons (Fsp3) is 0.0833. The average Bonchev–Trinajstić information content (AvgIpc) is 2.66. The Hall–Kier alpha value is -1.14. The van der Waals surface area contributed by atoms with Gasteiger partial charge < -0.3 is 9.38 Å². The molecule has 0 unspecified atom stereocenters. The predicted molar refractivity (Wildman–Crippen MR) is 56.3 cm³/mol. The van der Waals surface area contributed by atoms with Crippen LogP contribution in [-0.2, 0) is 21.1 Å². The van der Waals surface area contributed by atoms with E-state index in [2.05, 4.69) is 48.7 Å². The average molecular weight is 365 g/mol. The summed E-state index contributed by atoms with van der Waals surface area (Å²) in [5, 5.41) is 2.52. The van der Waals surface area contributed by atoms with E-state index in [1.807, 2.05) is 10.6 Å². The molecule has 3 heteroatoms. The summed E-state index contributed by atoms with van der Waals surface area (Å²) < 4.78 is 1.94. The molecule has 0 saturated carbocycles. The van der Waals surface area contributed by atoms with Crippen molar-refractivity contribution in [3.63, 3.8) is 0 Å². The third-order valence-corrected chi connectivity index (χ3v) is 2.56. The van der Waals surface area contributed by atoms with Crippen LogP contribution in [0.1, 0.15) is 5.56 Å². The number of imidazole rings is 1. The SMILES string of the molecule is Cc1cn2[c-]ncc2c2ccccc12.[W]. The van der Waals surface area contributed by atoms with Crippen LogP contribution in [0.5, 0.6) is 0 Å². The number of pyridine rings is 1. The van der Waals surface area contributed by atoms with Crippen LogP contribution < -0.4 is 0 Å². The van der Waals surface area contributed by atoms with Gasteiger partial charge in [-0.05, 0) is 17.7 Å². The Kier molecular flexibility index (Phi) is 2.62. The van der Waals surface area contributed by atoms with E-state index in [1.165, 1.54) is 16.3 Å². The summed E-state index contributed by atoms with van der Waals surface area (Å²) in [4.78, 5) is 4.03. The monoisotopic (exact) mass is 365 g/mol. The largest absolute Gasteiger partial charge is 0.432 e. The zero-order valence-electron chi connectivity index (χ0n) is 8.27. The Labute approximate surface area is 102 Å². The first kappa shape index (κ1) is 10.4. The number of rotatable bonds is 0. The van der Waals surface area contributed by atoms with Crippen LogP contribution in [0.4, 0.5) is 0 Å². The van der Waals surface area contributed by atoms with Crippen molar-refractivity contribution >= 4 is 16.3 Å². The number of benzene rings is 1.